The molecular formula is C12H25N5O2. The second kappa shape index (κ2) is 9.82. The highest BCUT2D eigenvalue weighted by Gasteiger charge is 2.13. The van der Waals surface area contributed by atoms with E-state index >= 15 is 0 Å². The Labute approximate surface area is 114 Å². The normalized spacial score (nSPS) is 12.8. The molecule has 1 N–H and O–H groups in total. The van der Waals surface area contributed by atoms with Crippen LogP contribution in [-0.4, -0.2) is 53.7 Å². The van der Waals surface area contributed by atoms with Crippen molar-refractivity contribution >= 4 is 0 Å². The SMILES string of the molecule is CCCNC(C)c1nnnn1CCCOCCOC. The lowest BCUT2D eigenvalue weighted by Gasteiger charge is -2.12. The van der Waals surface area contributed by atoms with E-state index in [1.54, 1.807) is 7.11 Å². The van der Waals surface area contributed by atoms with E-state index in [-0.39, 0.29) is 6.04 Å². The summed E-state index contributed by atoms with van der Waals surface area (Å²) < 4.78 is 12.2. The smallest absolute Gasteiger partial charge is 0.167 e. The fraction of sp³-hybridized carbons (Fsp3) is 0.917. The van der Waals surface area contributed by atoms with Crippen LogP contribution in [0.25, 0.3) is 0 Å². The number of hydrogen-bond acceptors (Lipinski definition) is 6. The van der Waals surface area contributed by atoms with E-state index in [9.17, 15) is 0 Å². The third-order valence-corrected chi connectivity index (χ3v) is 2.74. The highest BCUT2D eigenvalue weighted by molar-refractivity contribution is 4.89. The first kappa shape index (κ1) is 16.0. The van der Waals surface area contributed by atoms with Crippen molar-refractivity contribution in [1.82, 2.24) is 25.5 Å². The minimum absolute atomic E-state index is 0.171. The van der Waals surface area contributed by atoms with E-state index < -0.39 is 0 Å². The molecule has 0 fully saturated rings. The van der Waals surface area contributed by atoms with Gasteiger partial charge in [0.15, 0.2) is 5.82 Å². The monoisotopic (exact) mass is 271 g/mol. The van der Waals surface area contributed by atoms with Gasteiger partial charge >= 0.3 is 0 Å². The molecule has 0 radical (unpaired) electrons. The molecule has 0 aromatic carbocycles. The van der Waals surface area contributed by atoms with Crippen molar-refractivity contribution in [3.63, 3.8) is 0 Å². The zero-order valence-electron chi connectivity index (χ0n) is 12.1. The van der Waals surface area contributed by atoms with Crippen molar-refractivity contribution < 1.29 is 9.47 Å². The molecule has 0 saturated carbocycles. The Morgan fingerprint density at radius 1 is 1.32 bits per heavy atom. The Morgan fingerprint density at radius 3 is 2.89 bits per heavy atom. The van der Waals surface area contributed by atoms with Gasteiger partial charge < -0.3 is 14.8 Å². The number of aromatic nitrogens is 4. The average molecular weight is 271 g/mol. The van der Waals surface area contributed by atoms with Gasteiger partial charge in [-0.15, -0.1) is 5.10 Å². The number of tetrazole rings is 1. The van der Waals surface area contributed by atoms with Gasteiger partial charge in [0.05, 0.1) is 19.3 Å². The first-order valence-electron chi connectivity index (χ1n) is 6.85. The molecule has 0 amide bonds. The molecular weight excluding hydrogens is 246 g/mol. The van der Waals surface area contributed by atoms with Gasteiger partial charge in [-0.05, 0) is 36.7 Å². The lowest BCUT2D eigenvalue weighted by atomic mass is 10.3. The quantitative estimate of drug-likeness (QED) is 0.600. The van der Waals surface area contributed by atoms with Gasteiger partial charge in [-0.3, -0.25) is 0 Å². The van der Waals surface area contributed by atoms with Crippen molar-refractivity contribution in [1.29, 1.82) is 0 Å². The van der Waals surface area contributed by atoms with Gasteiger partial charge in [0.1, 0.15) is 0 Å². The van der Waals surface area contributed by atoms with Gasteiger partial charge in [0, 0.05) is 20.3 Å². The van der Waals surface area contributed by atoms with Crippen LogP contribution in [0.2, 0.25) is 0 Å². The Balaban J connectivity index is 2.28. The van der Waals surface area contributed by atoms with Crippen molar-refractivity contribution in [3.05, 3.63) is 5.82 Å². The molecule has 7 nitrogen and oxygen atoms in total. The van der Waals surface area contributed by atoms with Crippen LogP contribution < -0.4 is 5.32 Å². The second-order valence-electron chi connectivity index (χ2n) is 4.39. The first-order chi connectivity index (χ1) is 9.29. The fourth-order valence-electron chi connectivity index (χ4n) is 1.69. The summed E-state index contributed by atoms with van der Waals surface area (Å²) in [5, 5.41) is 15.2. The van der Waals surface area contributed by atoms with Crippen LogP contribution in [-0.2, 0) is 16.0 Å². The van der Waals surface area contributed by atoms with Crippen LogP contribution >= 0.6 is 0 Å². The highest BCUT2D eigenvalue weighted by atomic mass is 16.5. The standard InChI is InChI=1S/C12H25N5O2/c1-4-6-13-11(2)12-14-15-16-17(12)7-5-8-19-10-9-18-3/h11,13H,4-10H2,1-3H3. The maximum absolute atomic E-state index is 5.42. The predicted octanol–water partition coefficient (Wildman–Crippen LogP) is 0.787. The predicted molar refractivity (Wildman–Crippen MR) is 71.8 cm³/mol. The number of nitrogens with one attached hydrogen (secondary N) is 1. The number of ether oxygens (including phenoxy) is 2. The largest absolute Gasteiger partial charge is 0.382 e. The zero-order chi connectivity index (χ0) is 13.9. The molecule has 1 unspecified atom stereocenters. The van der Waals surface area contributed by atoms with Crippen molar-refractivity contribution in [2.45, 2.75) is 39.3 Å². The van der Waals surface area contributed by atoms with E-state index in [0.29, 0.717) is 19.8 Å². The molecule has 0 aliphatic heterocycles. The number of nitrogens with zero attached hydrogens (tertiary/aromatic N) is 4. The van der Waals surface area contributed by atoms with Crippen LogP contribution in [0.1, 0.15) is 38.6 Å². The highest BCUT2D eigenvalue weighted by Crippen LogP contribution is 2.07. The molecule has 0 bridgehead atoms. The minimum atomic E-state index is 0.171. The van der Waals surface area contributed by atoms with E-state index in [0.717, 1.165) is 31.8 Å². The summed E-state index contributed by atoms with van der Waals surface area (Å²) >= 11 is 0. The van der Waals surface area contributed by atoms with Crippen molar-refractivity contribution in [2.75, 3.05) is 33.5 Å². The van der Waals surface area contributed by atoms with Gasteiger partial charge in [0.2, 0.25) is 0 Å². The van der Waals surface area contributed by atoms with Crippen LogP contribution in [0, 0.1) is 0 Å². The average Bonchev–Trinajstić information content (AvgIpc) is 2.88. The van der Waals surface area contributed by atoms with Crippen molar-refractivity contribution in [2.24, 2.45) is 0 Å². The van der Waals surface area contributed by atoms with Crippen LogP contribution in [0.5, 0.6) is 0 Å². The second-order valence-corrected chi connectivity index (χ2v) is 4.39. The molecule has 110 valence electrons. The molecule has 1 heterocycles. The number of aryl methyl sites for hydroxylation is 1. The van der Waals surface area contributed by atoms with Gasteiger partial charge in [0.25, 0.3) is 0 Å². The molecule has 0 spiro atoms. The lowest BCUT2D eigenvalue weighted by Crippen LogP contribution is -2.23. The van der Waals surface area contributed by atoms with Crippen LogP contribution in [0.4, 0.5) is 0 Å². The minimum Gasteiger partial charge on any atom is -0.382 e. The Hall–Kier alpha value is -1.05. The fourth-order valence-corrected chi connectivity index (χ4v) is 1.69. The van der Waals surface area contributed by atoms with E-state index in [1.165, 1.54) is 0 Å². The Kier molecular flexibility index (Phi) is 8.28. The summed E-state index contributed by atoms with van der Waals surface area (Å²) in [4.78, 5) is 0. The summed E-state index contributed by atoms with van der Waals surface area (Å²) in [5.74, 6) is 0.880. The molecule has 7 heteroatoms. The summed E-state index contributed by atoms with van der Waals surface area (Å²) in [6.07, 6.45) is 1.99. The summed E-state index contributed by atoms with van der Waals surface area (Å²) in [6, 6.07) is 0.171. The third kappa shape index (κ3) is 6.09. The third-order valence-electron chi connectivity index (χ3n) is 2.74. The van der Waals surface area contributed by atoms with Gasteiger partial charge in [-0.25, -0.2) is 4.68 Å². The molecule has 0 aliphatic carbocycles. The van der Waals surface area contributed by atoms with Crippen LogP contribution in [0.3, 0.4) is 0 Å². The first-order valence-corrected chi connectivity index (χ1v) is 6.85. The molecule has 1 aromatic heterocycles. The molecule has 1 atom stereocenters. The number of rotatable bonds is 11. The molecule has 0 aliphatic rings. The van der Waals surface area contributed by atoms with Crippen LogP contribution in [0.15, 0.2) is 0 Å². The lowest BCUT2D eigenvalue weighted by molar-refractivity contribution is 0.0675. The summed E-state index contributed by atoms with van der Waals surface area (Å²) in [5.41, 5.74) is 0. The molecule has 19 heavy (non-hydrogen) atoms. The number of hydrogen-bond donors (Lipinski definition) is 1. The van der Waals surface area contributed by atoms with Crippen molar-refractivity contribution in [3.8, 4) is 0 Å². The van der Waals surface area contributed by atoms with E-state index in [4.69, 9.17) is 9.47 Å². The van der Waals surface area contributed by atoms with Gasteiger partial charge in [-0.2, -0.15) is 0 Å². The summed E-state index contributed by atoms with van der Waals surface area (Å²) in [6.45, 7) is 7.91. The molecule has 1 aromatic rings. The zero-order valence-corrected chi connectivity index (χ0v) is 12.1. The maximum atomic E-state index is 5.42. The summed E-state index contributed by atoms with van der Waals surface area (Å²) in [7, 11) is 1.67. The topological polar surface area (TPSA) is 74.1 Å². The van der Waals surface area contributed by atoms with Gasteiger partial charge in [-0.1, -0.05) is 6.92 Å². The molecule has 0 saturated heterocycles. The maximum Gasteiger partial charge on any atom is 0.167 e. The number of methoxy groups -OCH3 is 1. The molecule has 1 rings (SSSR count). The van der Waals surface area contributed by atoms with E-state index in [1.807, 2.05) is 4.68 Å². The van der Waals surface area contributed by atoms with E-state index in [2.05, 4.69) is 34.7 Å². The Morgan fingerprint density at radius 2 is 2.16 bits per heavy atom. The Bertz CT molecular complexity index is 332.